The van der Waals surface area contributed by atoms with Crippen molar-refractivity contribution in [3.05, 3.63) is 50.7 Å². The summed E-state index contributed by atoms with van der Waals surface area (Å²) in [6.45, 7) is 2.09. The van der Waals surface area contributed by atoms with Gasteiger partial charge in [-0.05, 0) is 13.0 Å². The molecular weight excluding hydrogens is 408 g/mol. The Labute approximate surface area is 161 Å². The largest absolute Gasteiger partial charge is 0.492 e. The maximum Gasteiger partial charge on any atom is 0.418 e. The number of benzene rings is 1. The number of hydrogen-bond donors (Lipinski definition) is 0. The number of hydrogen-bond acceptors (Lipinski definition) is 5. The van der Waals surface area contributed by atoms with E-state index >= 15 is 0 Å². The highest BCUT2D eigenvalue weighted by atomic mass is 35.5. The lowest BCUT2D eigenvalue weighted by molar-refractivity contribution is -0.138. The lowest BCUT2D eigenvalue weighted by atomic mass is 10.2. The lowest BCUT2D eigenvalue weighted by Crippen LogP contribution is -2.28. The molecule has 0 atom stereocenters. The first-order valence-corrected chi connectivity index (χ1v) is 8.58. The molecule has 1 aromatic heterocycles. The summed E-state index contributed by atoms with van der Waals surface area (Å²) < 4.78 is 69.6. The fourth-order valence-corrected chi connectivity index (χ4v) is 2.83. The van der Waals surface area contributed by atoms with Crippen molar-refractivity contribution in [3.8, 4) is 11.4 Å². The molecule has 0 saturated carbocycles. The van der Waals surface area contributed by atoms with Crippen LogP contribution in [-0.4, -0.2) is 35.9 Å². The van der Waals surface area contributed by atoms with Gasteiger partial charge in [-0.2, -0.15) is 23.0 Å². The minimum Gasteiger partial charge on any atom is -0.492 e. The van der Waals surface area contributed by atoms with Crippen LogP contribution in [0.15, 0.2) is 23.1 Å². The highest BCUT2D eigenvalue weighted by molar-refractivity contribution is 6.32. The van der Waals surface area contributed by atoms with Crippen LogP contribution in [0.4, 0.5) is 17.6 Å². The summed E-state index contributed by atoms with van der Waals surface area (Å²) in [6, 6.07) is 2.01. The van der Waals surface area contributed by atoms with Crippen molar-refractivity contribution in [1.82, 2.24) is 9.78 Å². The smallest absolute Gasteiger partial charge is 0.418 e. The Kier molecular flexibility index (Phi) is 5.92. The number of nitrogens with zero attached hydrogens (tertiary/aromatic N) is 2. The van der Waals surface area contributed by atoms with Gasteiger partial charge < -0.3 is 14.2 Å². The molecule has 0 aliphatic carbocycles. The van der Waals surface area contributed by atoms with Gasteiger partial charge >= 0.3 is 6.18 Å². The molecule has 1 aliphatic heterocycles. The zero-order valence-corrected chi connectivity index (χ0v) is 15.3. The molecule has 0 N–H and O–H groups in total. The second-order valence-electron chi connectivity index (χ2n) is 5.94. The van der Waals surface area contributed by atoms with Crippen LogP contribution >= 0.6 is 11.6 Å². The Morgan fingerprint density at radius 1 is 1.32 bits per heavy atom. The van der Waals surface area contributed by atoms with Gasteiger partial charge in [0, 0.05) is 18.1 Å². The van der Waals surface area contributed by atoms with Gasteiger partial charge in [-0.15, -0.1) is 0 Å². The molecule has 6 nitrogen and oxygen atoms in total. The minimum absolute atomic E-state index is 0.0438. The highest BCUT2D eigenvalue weighted by Gasteiger charge is 2.34. The number of aromatic nitrogens is 2. The van der Waals surface area contributed by atoms with Crippen molar-refractivity contribution in [1.29, 1.82) is 0 Å². The van der Waals surface area contributed by atoms with Crippen LogP contribution in [0.1, 0.15) is 17.5 Å². The quantitative estimate of drug-likeness (QED) is 0.690. The first-order chi connectivity index (χ1) is 13.2. The maximum absolute atomic E-state index is 14.3. The van der Waals surface area contributed by atoms with Gasteiger partial charge in [0.15, 0.2) is 12.1 Å². The molecule has 2 heterocycles. The SMILES string of the molecule is Cc1c(C(F)(F)F)cnn(-c2cc(OCCC3OCCO3)c(Cl)cc2F)c1=O. The molecule has 3 rings (SSSR count). The monoisotopic (exact) mass is 422 g/mol. The molecule has 0 bridgehead atoms. The molecule has 28 heavy (non-hydrogen) atoms. The van der Waals surface area contributed by atoms with E-state index in [-0.39, 0.29) is 23.1 Å². The van der Waals surface area contributed by atoms with Gasteiger partial charge in [-0.25, -0.2) is 4.39 Å². The third kappa shape index (κ3) is 4.29. The van der Waals surface area contributed by atoms with Gasteiger partial charge in [0.05, 0.1) is 36.6 Å². The Morgan fingerprint density at radius 2 is 2.00 bits per heavy atom. The normalized spacial score (nSPS) is 15.2. The summed E-state index contributed by atoms with van der Waals surface area (Å²) in [5.74, 6) is -0.893. The van der Waals surface area contributed by atoms with Crippen molar-refractivity contribution in [2.24, 2.45) is 0 Å². The standard InChI is InChI=1S/C17H15ClF4N2O4/c1-9-10(17(20,21)22)8-23-24(16(9)25)13-7-14(11(18)6-12(13)19)26-3-2-15-27-4-5-28-15/h6-8,15H,2-5H2,1H3. The molecule has 0 radical (unpaired) electrons. The molecule has 0 spiro atoms. The van der Waals surface area contributed by atoms with Gasteiger partial charge in [0.2, 0.25) is 0 Å². The van der Waals surface area contributed by atoms with Crippen LogP contribution in [0, 0.1) is 12.7 Å². The first-order valence-electron chi connectivity index (χ1n) is 8.20. The molecule has 2 aromatic rings. The van der Waals surface area contributed by atoms with Crippen LogP contribution in [-0.2, 0) is 15.7 Å². The van der Waals surface area contributed by atoms with Crippen LogP contribution in [0.5, 0.6) is 5.75 Å². The number of alkyl halides is 3. The summed E-state index contributed by atoms with van der Waals surface area (Å²) in [5.41, 5.74) is -3.27. The van der Waals surface area contributed by atoms with Crippen LogP contribution in [0.3, 0.4) is 0 Å². The molecule has 0 amide bonds. The first kappa shape index (κ1) is 20.6. The zero-order chi connectivity index (χ0) is 20.5. The van der Waals surface area contributed by atoms with E-state index in [2.05, 4.69) is 5.10 Å². The van der Waals surface area contributed by atoms with Crippen molar-refractivity contribution >= 4 is 11.6 Å². The maximum atomic E-state index is 14.3. The Hall–Kier alpha value is -2.17. The molecular formula is C17H15ClF4N2O4. The second kappa shape index (κ2) is 8.06. The van der Waals surface area contributed by atoms with Crippen LogP contribution in [0.25, 0.3) is 5.69 Å². The highest BCUT2D eigenvalue weighted by Crippen LogP contribution is 2.32. The van der Waals surface area contributed by atoms with Gasteiger partial charge in [0.1, 0.15) is 11.4 Å². The topological polar surface area (TPSA) is 62.6 Å². The average molecular weight is 423 g/mol. The van der Waals surface area contributed by atoms with E-state index in [0.717, 1.165) is 19.1 Å². The molecule has 1 fully saturated rings. The van der Waals surface area contributed by atoms with Gasteiger partial charge in [0.25, 0.3) is 5.56 Å². The zero-order valence-electron chi connectivity index (χ0n) is 14.6. The molecule has 1 saturated heterocycles. The third-order valence-electron chi connectivity index (χ3n) is 4.06. The summed E-state index contributed by atoms with van der Waals surface area (Å²) in [5, 5.41) is 3.39. The fraction of sp³-hybridized carbons (Fsp3) is 0.412. The van der Waals surface area contributed by atoms with E-state index in [1.807, 2.05) is 0 Å². The van der Waals surface area contributed by atoms with Gasteiger partial charge in [-0.1, -0.05) is 11.6 Å². The summed E-state index contributed by atoms with van der Waals surface area (Å²) in [7, 11) is 0. The number of ether oxygens (including phenoxy) is 3. The Morgan fingerprint density at radius 3 is 2.64 bits per heavy atom. The van der Waals surface area contributed by atoms with Crippen molar-refractivity contribution in [2.75, 3.05) is 19.8 Å². The van der Waals surface area contributed by atoms with Crippen LogP contribution in [0.2, 0.25) is 5.02 Å². The van der Waals surface area contributed by atoms with Crippen molar-refractivity contribution < 1.29 is 31.8 Å². The summed E-state index contributed by atoms with van der Waals surface area (Å²) >= 11 is 5.96. The summed E-state index contributed by atoms with van der Waals surface area (Å²) in [4.78, 5) is 12.3. The second-order valence-corrected chi connectivity index (χ2v) is 6.35. The molecule has 152 valence electrons. The molecule has 0 unspecified atom stereocenters. The van der Waals surface area contributed by atoms with Crippen molar-refractivity contribution in [3.63, 3.8) is 0 Å². The Balaban J connectivity index is 1.89. The third-order valence-corrected chi connectivity index (χ3v) is 4.35. The predicted molar refractivity (Wildman–Crippen MR) is 90.3 cm³/mol. The van der Waals surface area contributed by atoms with Gasteiger partial charge in [-0.3, -0.25) is 4.79 Å². The van der Waals surface area contributed by atoms with Crippen molar-refractivity contribution in [2.45, 2.75) is 25.8 Å². The van der Waals surface area contributed by atoms with E-state index in [1.54, 1.807) is 0 Å². The number of halogens is 5. The Bertz CT molecular complexity index is 927. The fourth-order valence-electron chi connectivity index (χ4n) is 2.63. The van der Waals surface area contributed by atoms with Crippen LogP contribution < -0.4 is 10.3 Å². The minimum atomic E-state index is -4.74. The van der Waals surface area contributed by atoms with E-state index in [9.17, 15) is 22.4 Å². The average Bonchev–Trinajstić information content (AvgIpc) is 3.12. The molecule has 11 heteroatoms. The van der Waals surface area contributed by atoms with E-state index in [4.69, 9.17) is 25.8 Å². The predicted octanol–water partition coefficient (Wildman–Crippen LogP) is 3.49. The molecule has 1 aromatic carbocycles. The number of rotatable bonds is 5. The van der Waals surface area contributed by atoms with E-state index < -0.39 is 35.0 Å². The van der Waals surface area contributed by atoms with E-state index in [1.165, 1.54) is 0 Å². The van der Waals surface area contributed by atoms with E-state index in [0.29, 0.717) is 30.5 Å². The lowest BCUT2D eigenvalue weighted by Gasteiger charge is -2.15. The molecule has 1 aliphatic rings. The summed E-state index contributed by atoms with van der Waals surface area (Å²) in [6.07, 6.45) is -4.30.